The van der Waals surface area contributed by atoms with Gasteiger partial charge in [-0.15, -0.1) is 11.3 Å². The van der Waals surface area contributed by atoms with Gasteiger partial charge in [0.25, 0.3) is 5.91 Å². The van der Waals surface area contributed by atoms with E-state index in [4.69, 9.17) is 4.98 Å². The first-order valence-corrected chi connectivity index (χ1v) is 11.0. The van der Waals surface area contributed by atoms with E-state index < -0.39 is 0 Å². The van der Waals surface area contributed by atoms with Crippen LogP contribution in [-0.2, 0) is 6.42 Å². The smallest absolute Gasteiger partial charge is 0.271 e. The van der Waals surface area contributed by atoms with Crippen LogP contribution in [0.3, 0.4) is 0 Å². The summed E-state index contributed by atoms with van der Waals surface area (Å²) in [6.07, 6.45) is 14.2. The van der Waals surface area contributed by atoms with Crippen molar-refractivity contribution in [1.29, 1.82) is 0 Å². The fraction of sp³-hybridized carbons (Fsp3) is 0.650. The van der Waals surface area contributed by atoms with Crippen LogP contribution in [-0.4, -0.2) is 27.2 Å². The molecule has 2 aromatic rings. The molecule has 2 aliphatic rings. The summed E-state index contributed by atoms with van der Waals surface area (Å²) in [6, 6.07) is 2.31. The molecule has 2 aromatic heterocycles. The monoisotopic (exact) mass is 372 g/mol. The van der Waals surface area contributed by atoms with Crippen LogP contribution in [0.25, 0.3) is 0 Å². The van der Waals surface area contributed by atoms with Crippen LogP contribution >= 0.6 is 11.3 Å². The van der Waals surface area contributed by atoms with E-state index >= 15 is 0 Å². The lowest BCUT2D eigenvalue weighted by molar-refractivity contribution is 0.0948. The second kappa shape index (κ2) is 8.33. The van der Waals surface area contributed by atoms with E-state index in [1.165, 1.54) is 63.5 Å². The van der Waals surface area contributed by atoms with Gasteiger partial charge in [0, 0.05) is 30.5 Å². The summed E-state index contributed by atoms with van der Waals surface area (Å²) < 4.78 is 1.97. The summed E-state index contributed by atoms with van der Waals surface area (Å²) in [4.78, 5) is 17.1. The minimum absolute atomic E-state index is 0.0780. The number of thiazole rings is 1. The molecule has 2 saturated carbocycles. The maximum atomic E-state index is 12.3. The third-order valence-electron chi connectivity index (χ3n) is 5.76. The third kappa shape index (κ3) is 4.17. The van der Waals surface area contributed by atoms with Crippen molar-refractivity contribution < 1.29 is 4.79 Å². The highest BCUT2D eigenvalue weighted by Gasteiger charge is 2.20. The van der Waals surface area contributed by atoms with Crippen molar-refractivity contribution >= 4 is 17.2 Å². The minimum Gasteiger partial charge on any atom is -0.350 e. The van der Waals surface area contributed by atoms with Gasteiger partial charge in [0.1, 0.15) is 5.69 Å². The van der Waals surface area contributed by atoms with Gasteiger partial charge in [0.15, 0.2) is 0 Å². The van der Waals surface area contributed by atoms with Crippen molar-refractivity contribution in [3.05, 3.63) is 34.0 Å². The van der Waals surface area contributed by atoms with Crippen LogP contribution in [0.15, 0.2) is 17.6 Å². The molecule has 2 heterocycles. The topological polar surface area (TPSA) is 59.8 Å². The first kappa shape index (κ1) is 17.7. The zero-order valence-electron chi connectivity index (χ0n) is 15.3. The molecule has 0 bridgehead atoms. The summed E-state index contributed by atoms with van der Waals surface area (Å²) in [6.45, 7) is 0.618. The van der Waals surface area contributed by atoms with Gasteiger partial charge in [-0.1, -0.05) is 32.1 Å². The Morgan fingerprint density at radius 2 is 1.92 bits per heavy atom. The number of carbonyl (C=O) groups is 1. The second-order valence-electron chi connectivity index (χ2n) is 7.63. The molecule has 4 rings (SSSR count). The average Bonchev–Trinajstić information content (AvgIpc) is 3.42. The van der Waals surface area contributed by atoms with Gasteiger partial charge in [0.2, 0.25) is 0 Å². The molecule has 2 aliphatic carbocycles. The van der Waals surface area contributed by atoms with Gasteiger partial charge in [-0.3, -0.25) is 9.48 Å². The molecule has 0 radical (unpaired) electrons. The Hall–Kier alpha value is -1.69. The Kier molecular flexibility index (Phi) is 5.68. The van der Waals surface area contributed by atoms with Crippen LogP contribution in [0.2, 0.25) is 0 Å². The van der Waals surface area contributed by atoms with Gasteiger partial charge >= 0.3 is 0 Å². The zero-order chi connectivity index (χ0) is 17.8. The molecular weight excluding hydrogens is 344 g/mol. The van der Waals surface area contributed by atoms with Crippen molar-refractivity contribution in [3.63, 3.8) is 0 Å². The van der Waals surface area contributed by atoms with E-state index in [9.17, 15) is 4.79 Å². The number of rotatable bonds is 6. The SMILES string of the molecule is O=C(NCCc1nc(C2CCCCC2)cs1)c1ccn(C2CCCC2)n1. The molecule has 6 heteroatoms. The summed E-state index contributed by atoms with van der Waals surface area (Å²) in [5, 5.41) is 10.8. The predicted octanol–water partition coefficient (Wildman–Crippen LogP) is 4.47. The van der Waals surface area contributed by atoms with Gasteiger partial charge < -0.3 is 5.32 Å². The van der Waals surface area contributed by atoms with Crippen LogP contribution in [0.1, 0.15) is 90.9 Å². The molecular formula is C20H28N4OS. The van der Waals surface area contributed by atoms with Crippen LogP contribution in [0.5, 0.6) is 0 Å². The van der Waals surface area contributed by atoms with Crippen molar-refractivity contribution in [2.75, 3.05) is 6.54 Å². The molecule has 1 N–H and O–H groups in total. The van der Waals surface area contributed by atoms with Crippen LogP contribution < -0.4 is 5.32 Å². The van der Waals surface area contributed by atoms with Crippen molar-refractivity contribution in [3.8, 4) is 0 Å². The molecule has 140 valence electrons. The van der Waals surface area contributed by atoms with E-state index in [1.807, 2.05) is 16.9 Å². The molecule has 26 heavy (non-hydrogen) atoms. The normalized spacial score (nSPS) is 19.1. The Bertz CT molecular complexity index is 726. The number of carbonyl (C=O) groups excluding carboxylic acids is 1. The molecule has 1 amide bonds. The van der Waals surface area contributed by atoms with E-state index in [0.717, 1.165) is 11.4 Å². The highest BCUT2D eigenvalue weighted by Crippen LogP contribution is 2.33. The van der Waals surface area contributed by atoms with E-state index in [1.54, 1.807) is 11.3 Å². The first-order chi connectivity index (χ1) is 12.8. The summed E-state index contributed by atoms with van der Waals surface area (Å²) in [7, 11) is 0. The molecule has 0 spiro atoms. The lowest BCUT2D eigenvalue weighted by Crippen LogP contribution is -2.26. The predicted molar refractivity (Wildman–Crippen MR) is 104 cm³/mol. The fourth-order valence-electron chi connectivity index (χ4n) is 4.23. The number of nitrogens with zero attached hydrogens (tertiary/aromatic N) is 3. The number of nitrogens with one attached hydrogen (secondary N) is 1. The van der Waals surface area contributed by atoms with Crippen molar-refractivity contribution in [2.24, 2.45) is 0 Å². The number of hydrogen-bond donors (Lipinski definition) is 1. The lowest BCUT2D eigenvalue weighted by Gasteiger charge is -2.19. The molecule has 0 atom stereocenters. The van der Waals surface area contributed by atoms with Gasteiger partial charge in [-0.2, -0.15) is 5.10 Å². The van der Waals surface area contributed by atoms with Crippen LogP contribution in [0.4, 0.5) is 0 Å². The number of hydrogen-bond acceptors (Lipinski definition) is 4. The third-order valence-corrected chi connectivity index (χ3v) is 6.68. The van der Waals surface area contributed by atoms with Gasteiger partial charge in [-0.05, 0) is 31.7 Å². The molecule has 2 fully saturated rings. The number of aromatic nitrogens is 3. The van der Waals surface area contributed by atoms with Gasteiger partial charge in [-0.25, -0.2) is 4.98 Å². The molecule has 0 saturated heterocycles. The molecule has 0 unspecified atom stereocenters. The highest BCUT2D eigenvalue weighted by molar-refractivity contribution is 7.09. The Morgan fingerprint density at radius 3 is 2.73 bits per heavy atom. The average molecular weight is 373 g/mol. The highest BCUT2D eigenvalue weighted by atomic mass is 32.1. The largest absolute Gasteiger partial charge is 0.350 e. The van der Waals surface area contributed by atoms with Gasteiger partial charge in [0.05, 0.1) is 16.7 Å². The standard InChI is InChI=1S/C20H28N4OS/c25-20(17-11-13-24(23-17)16-8-4-5-9-16)21-12-10-19-22-18(14-26-19)15-6-2-1-3-7-15/h11,13-16H,1-10,12H2,(H,21,25). The second-order valence-corrected chi connectivity index (χ2v) is 8.57. The molecule has 0 aromatic carbocycles. The zero-order valence-corrected chi connectivity index (χ0v) is 16.1. The summed E-state index contributed by atoms with van der Waals surface area (Å²) >= 11 is 1.73. The van der Waals surface area contributed by atoms with Crippen molar-refractivity contribution in [2.45, 2.75) is 76.2 Å². The van der Waals surface area contributed by atoms with Crippen molar-refractivity contribution in [1.82, 2.24) is 20.1 Å². The van der Waals surface area contributed by atoms with E-state index in [-0.39, 0.29) is 5.91 Å². The van der Waals surface area contributed by atoms with E-state index in [2.05, 4.69) is 15.8 Å². The van der Waals surface area contributed by atoms with Crippen LogP contribution in [0, 0.1) is 0 Å². The summed E-state index contributed by atoms with van der Waals surface area (Å²) in [5.74, 6) is 0.578. The lowest BCUT2D eigenvalue weighted by atomic mass is 9.87. The Labute approximate surface area is 159 Å². The van der Waals surface area contributed by atoms with E-state index in [0.29, 0.717) is 24.2 Å². The maximum Gasteiger partial charge on any atom is 0.271 e. The summed E-state index contributed by atoms with van der Waals surface area (Å²) in [5.41, 5.74) is 1.80. The quantitative estimate of drug-likeness (QED) is 0.813. The fourth-order valence-corrected chi connectivity index (χ4v) is 5.11. The minimum atomic E-state index is -0.0780. The first-order valence-electron chi connectivity index (χ1n) is 10.1. The molecule has 5 nitrogen and oxygen atoms in total. The Morgan fingerprint density at radius 1 is 1.15 bits per heavy atom. The Balaban J connectivity index is 1.25. The maximum absolute atomic E-state index is 12.3. The molecule has 0 aliphatic heterocycles. The number of amides is 1.